The topological polar surface area (TPSA) is 44.1 Å². The number of nitriles is 1. The molecule has 0 aliphatic rings. The Morgan fingerprint density at radius 1 is 1.50 bits per heavy atom. The Balaban J connectivity index is 3.09. The van der Waals surface area contributed by atoms with Crippen LogP contribution in [0.2, 0.25) is 0 Å². The van der Waals surface area contributed by atoms with Gasteiger partial charge in [-0.25, -0.2) is 0 Å². The lowest BCUT2D eigenvalue weighted by atomic mass is 10.2. The molecule has 0 radical (unpaired) electrons. The molecule has 0 N–H and O–H groups in total. The Bertz CT molecular complexity index is 382. The van der Waals surface area contributed by atoms with Crippen LogP contribution in [0.1, 0.15) is 15.9 Å². The molecule has 0 aromatic heterocycles. The highest BCUT2D eigenvalue weighted by Gasteiger charge is 2.05. The molecule has 0 fully saturated rings. The van der Waals surface area contributed by atoms with Crippen LogP contribution in [0.4, 0.5) is 0 Å². The Kier molecular flexibility index (Phi) is 3.69. The van der Waals surface area contributed by atoms with Crippen LogP contribution in [0.25, 0.3) is 0 Å². The van der Waals surface area contributed by atoms with E-state index in [4.69, 9.17) is 5.26 Å². The van der Waals surface area contributed by atoms with Crippen molar-refractivity contribution in [3.63, 3.8) is 0 Å². The van der Waals surface area contributed by atoms with E-state index in [9.17, 15) is 4.79 Å². The zero-order chi connectivity index (χ0) is 10.6. The smallest absolute Gasteiger partial charge is 0.150 e. The van der Waals surface area contributed by atoms with Crippen LogP contribution in [0.5, 0.6) is 0 Å². The van der Waals surface area contributed by atoms with Gasteiger partial charge in [-0.1, -0.05) is 6.07 Å². The normalized spacial score (nSPS) is 9.86. The van der Waals surface area contributed by atoms with Gasteiger partial charge in [0, 0.05) is 10.5 Å². The second kappa shape index (κ2) is 4.80. The summed E-state index contributed by atoms with van der Waals surface area (Å²) >= 11 is 1.43. The maximum absolute atomic E-state index is 10.5. The summed E-state index contributed by atoms with van der Waals surface area (Å²) in [5, 5.41) is 8.82. The van der Waals surface area contributed by atoms with Gasteiger partial charge in [0.15, 0.2) is 0 Å². The van der Waals surface area contributed by atoms with Crippen LogP contribution in [0, 0.1) is 11.3 Å². The standard InChI is InChI=1S/C10H10N2OS/c1-12(2)14-10-5-8(7-13)3-4-9(10)6-11/h3-5,7H,1-2H3. The Labute approximate surface area is 87.5 Å². The molecule has 0 aliphatic carbocycles. The molecule has 14 heavy (non-hydrogen) atoms. The van der Waals surface area contributed by atoms with Crippen molar-refractivity contribution < 1.29 is 4.79 Å². The summed E-state index contributed by atoms with van der Waals surface area (Å²) in [5.41, 5.74) is 1.18. The van der Waals surface area contributed by atoms with Gasteiger partial charge in [-0.05, 0) is 38.2 Å². The third-order valence-corrected chi connectivity index (χ3v) is 2.44. The minimum Gasteiger partial charge on any atom is -0.298 e. The third-order valence-electron chi connectivity index (χ3n) is 1.54. The number of carbonyl (C=O) groups excluding carboxylic acids is 1. The molecule has 0 saturated carbocycles. The van der Waals surface area contributed by atoms with Gasteiger partial charge in [0.05, 0.1) is 5.56 Å². The van der Waals surface area contributed by atoms with Crippen molar-refractivity contribution in [2.24, 2.45) is 0 Å². The highest BCUT2D eigenvalue weighted by Crippen LogP contribution is 2.24. The molecule has 0 atom stereocenters. The monoisotopic (exact) mass is 206 g/mol. The lowest BCUT2D eigenvalue weighted by molar-refractivity contribution is 0.112. The summed E-state index contributed by atoms with van der Waals surface area (Å²) in [5.74, 6) is 0. The highest BCUT2D eigenvalue weighted by molar-refractivity contribution is 7.97. The molecule has 1 rings (SSSR count). The van der Waals surface area contributed by atoms with E-state index < -0.39 is 0 Å². The van der Waals surface area contributed by atoms with Crippen LogP contribution in [-0.2, 0) is 0 Å². The molecule has 1 aromatic rings. The molecular formula is C10H10N2OS. The highest BCUT2D eigenvalue weighted by atomic mass is 32.2. The van der Waals surface area contributed by atoms with Gasteiger partial charge in [0.25, 0.3) is 0 Å². The predicted octanol–water partition coefficient (Wildman–Crippen LogP) is 1.94. The molecule has 0 saturated heterocycles. The molecule has 4 heteroatoms. The number of hydrogen-bond acceptors (Lipinski definition) is 4. The maximum Gasteiger partial charge on any atom is 0.150 e. The fourth-order valence-electron chi connectivity index (χ4n) is 0.977. The van der Waals surface area contributed by atoms with Crippen molar-refractivity contribution in [2.45, 2.75) is 4.90 Å². The van der Waals surface area contributed by atoms with E-state index in [-0.39, 0.29) is 0 Å². The Morgan fingerprint density at radius 2 is 2.21 bits per heavy atom. The molecule has 72 valence electrons. The lowest BCUT2D eigenvalue weighted by Gasteiger charge is -2.09. The van der Waals surface area contributed by atoms with Gasteiger partial charge in [-0.2, -0.15) is 5.26 Å². The van der Waals surface area contributed by atoms with Gasteiger partial charge in [0.2, 0.25) is 0 Å². The first-order valence-electron chi connectivity index (χ1n) is 4.02. The van der Waals surface area contributed by atoms with Crippen molar-refractivity contribution in [1.82, 2.24) is 4.31 Å². The number of benzene rings is 1. The minimum atomic E-state index is 0.591. The van der Waals surface area contributed by atoms with Gasteiger partial charge >= 0.3 is 0 Å². The quantitative estimate of drug-likeness (QED) is 0.560. The number of hydrogen-bond donors (Lipinski definition) is 0. The van der Waals surface area contributed by atoms with Gasteiger partial charge in [0.1, 0.15) is 12.4 Å². The van der Waals surface area contributed by atoms with Gasteiger partial charge in [-0.15, -0.1) is 0 Å². The van der Waals surface area contributed by atoms with E-state index in [1.54, 1.807) is 18.2 Å². The van der Waals surface area contributed by atoms with Crippen LogP contribution >= 0.6 is 11.9 Å². The SMILES string of the molecule is CN(C)Sc1cc(C=O)ccc1C#N. The molecule has 1 aromatic carbocycles. The molecule has 3 nitrogen and oxygen atoms in total. The first-order chi connectivity index (χ1) is 6.67. The van der Waals surface area contributed by atoms with Crippen molar-refractivity contribution >= 4 is 18.2 Å². The van der Waals surface area contributed by atoms with Gasteiger partial charge < -0.3 is 0 Å². The first kappa shape index (κ1) is 10.8. The largest absolute Gasteiger partial charge is 0.298 e. The van der Waals surface area contributed by atoms with Crippen LogP contribution in [-0.4, -0.2) is 24.7 Å². The number of nitrogens with zero attached hydrogens (tertiary/aromatic N) is 2. The van der Waals surface area contributed by atoms with E-state index in [0.717, 1.165) is 11.2 Å². The summed E-state index contributed by atoms with van der Waals surface area (Å²) < 4.78 is 1.88. The van der Waals surface area contributed by atoms with Crippen LogP contribution < -0.4 is 0 Å². The number of rotatable bonds is 3. The molecular weight excluding hydrogens is 196 g/mol. The van der Waals surface area contributed by atoms with Crippen molar-refractivity contribution in [2.75, 3.05) is 14.1 Å². The Morgan fingerprint density at radius 3 is 2.71 bits per heavy atom. The first-order valence-corrected chi connectivity index (χ1v) is 4.79. The van der Waals surface area contributed by atoms with Crippen molar-refractivity contribution in [3.8, 4) is 6.07 Å². The minimum absolute atomic E-state index is 0.591. The van der Waals surface area contributed by atoms with E-state index in [0.29, 0.717) is 11.1 Å². The second-order valence-electron chi connectivity index (χ2n) is 2.89. The lowest BCUT2D eigenvalue weighted by Crippen LogP contribution is -2.00. The Hall–Kier alpha value is -1.31. The average Bonchev–Trinajstić information content (AvgIpc) is 2.16. The van der Waals surface area contributed by atoms with Crippen molar-refractivity contribution in [1.29, 1.82) is 5.26 Å². The summed E-state index contributed by atoms with van der Waals surface area (Å²) in [6.45, 7) is 0. The fraction of sp³-hybridized carbons (Fsp3) is 0.200. The second-order valence-corrected chi connectivity index (χ2v) is 4.24. The van der Waals surface area contributed by atoms with E-state index >= 15 is 0 Å². The molecule has 0 heterocycles. The zero-order valence-electron chi connectivity index (χ0n) is 8.02. The average molecular weight is 206 g/mol. The zero-order valence-corrected chi connectivity index (χ0v) is 8.84. The van der Waals surface area contributed by atoms with E-state index in [1.165, 1.54) is 11.9 Å². The molecule has 0 amide bonds. The molecule has 0 spiro atoms. The molecule has 0 unspecified atom stereocenters. The fourth-order valence-corrected chi connectivity index (χ4v) is 1.77. The summed E-state index contributed by atoms with van der Waals surface area (Å²) in [4.78, 5) is 11.3. The van der Waals surface area contributed by atoms with Crippen LogP contribution in [0.15, 0.2) is 23.1 Å². The summed E-state index contributed by atoms with van der Waals surface area (Å²) in [6, 6.07) is 7.11. The number of aldehydes is 1. The van der Waals surface area contributed by atoms with E-state index in [1.807, 2.05) is 18.4 Å². The van der Waals surface area contributed by atoms with E-state index in [2.05, 4.69) is 6.07 Å². The van der Waals surface area contributed by atoms with Gasteiger partial charge in [-0.3, -0.25) is 9.10 Å². The third kappa shape index (κ3) is 2.59. The molecule has 0 bridgehead atoms. The summed E-state index contributed by atoms with van der Waals surface area (Å²) in [6.07, 6.45) is 0.779. The number of carbonyl (C=O) groups is 1. The maximum atomic E-state index is 10.5. The molecule has 0 aliphatic heterocycles. The van der Waals surface area contributed by atoms with Crippen LogP contribution in [0.3, 0.4) is 0 Å². The summed E-state index contributed by atoms with van der Waals surface area (Å²) in [7, 11) is 3.78. The predicted molar refractivity (Wildman–Crippen MR) is 56.1 cm³/mol. The van der Waals surface area contributed by atoms with Crippen molar-refractivity contribution in [3.05, 3.63) is 29.3 Å².